The van der Waals surface area contributed by atoms with Crippen molar-refractivity contribution < 1.29 is 22.7 Å². The van der Waals surface area contributed by atoms with Crippen LogP contribution in [0.5, 0.6) is 5.75 Å². The Morgan fingerprint density at radius 3 is 2.47 bits per heavy atom. The number of nitrogens with one attached hydrogen (secondary N) is 2. The molecule has 5 aromatic rings. The number of fused-ring (bicyclic) bond motifs is 1. The summed E-state index contributed by atoms with van der Waals surface area (Å²) in [6, 6.07) is 21.4. The number of benzene rings is 3. The molecule has 2 aromatic heterocycles. The highest BCUT2D eigenvalue weighted by atomic mass is 35.5. The van der Waals surface area contributed by atoms with E-state index in [0.29, 0.717) is 27.5 Å². The monoisotopic (exact) mass is 508 g/mol. The van der Waals surface area contributed by atoms with Crippen molar-refractivity contribution in [2.45, 2.75) is 6.36 Å². The van der Waals surface area contributed by atoms with Gasteiger partial charge in [-0.2, -0.15) is 0 Å². The van der Waals surface area contributed by atoms with Crippen LogP contribution in [-0.4, -0.2) is 27.2 Å². The van der Waals surface area contributed by atoms with E-state index in [1.165, 1.54) is 18.3 Å². The van der Waals surface area contributed by atoms with Gasteiger partial charge in [0.2, 0.25) is 5.95 Å². The molecule has 10 heteroatoms. The summed E-state index contributed by atoms with van der Waals surface area (Å²) in [4.78, 5) is 25.0. The Labute approximate surface area is 207 Å². The number of hydrogen-bond acceptors (Lipinski definition) is 4. The Bertz CT molecular complexity index is 1570. The summed E-state index contributed by atoms with van der Waals surface area (Å²) in [6.07, 6.45) is -3.36. The van der Waals surface area contributed by atoms with E-state index < -0.39 is 18.0 Å². The van der Waals surface area contributed by atoms with Gasteiger partial charge in [-0.25, -0.2) is 9.97 Å². The number of carbonyl (C=O) groups is 1. The standard InChI is InChI=1S/C26H16ClF3N4O2/c27-20-9-5-4-8-17(20)23-14-31-25(33-23)34-24(35)19-13-22(15-6-2-1-3-7-15)32-21-11-10-16(12-18(19)21)36-26(28,29)30/h1-14H,(H2,31,33,34,35). The van der Waals surface area contributed by atoms with Crippen molar-refractivity contribution in [3.63, 3.8) is 0 Å². The van der Waals surface area contributed by atoms with Crippen LogP contribution >= 0.6 is 11.6 Å². The van der Waals surface area contributed by atoms with Crippen molar-refractivity contribution in [2.75, 3.05) is 5.32 Å². The van der Waals surface area contributed by atoms with E-state index in [0.717, 1.165) is 17.7 Å². The maximum Gasteiger partial charge on any atom is 0.573 e. The van der Waals surface area contributed by atoms with E-state index in [9.17, 15) is 18.0 Å². The van der Waals surface area contributed by atoms with Crippen LogP contribution in [0.4, 0.5) is 19.1 Å². The topological polar surface area (TPSA) is 79.9 Å². The van der Waals surface area contributed by atoms with E-state index in [1.807, 2.05) is 36.4 Å². The molecule has 0 radical (unpaired) electrons. The number of imidazole rings is 1. The molecule has 0 bridgehead atoms. The lowest BCUT2D eigenvalue weighted by atomic mass is 10.0. The van der Waals surface area contributed by atoms with Crippen molar-refractivity contribution in [3.05, 3.63) is 95.6 Å². The SMILES string of the molecule is O=C(Nc1ncc(-c2ccccc2Cl)[nH]1)c1cc(-c2ccccc2)nc2ccc(OC(F)(F)F)cc12. The van der Waals surface area contributed by atoms with Gasteiger partial charge < -0.3 is 9.72 Å². The van der Waals surface area contributed by atoms with Crippen LogP contribution in [0.3, 0.4) is 0 Å². The summed E-state index contributed by atoms with van der Waals surface area (Å²) in [5.74, 6) is -0.912. The lowest BCUT2D eigenvalue weighted by Gasteiger charge is -2.13. The molecule has 0 fully saturated rings. The predicted molar refractivity (Wildman–Crippen MR) is 131 cm³/mol. The minimum atomic E-state index is -4.88. The smallest absolute Gasteiger partial charge is 0.406 e. The van der Waals surface area contributed by atoms with Crippen LogP contribution in [0.25, 0.3) is 33.4 Å². The number of ether oxygens (including phenoxy) is 1. The third kappa shape index (κ3) is 5.01. The molecule has 0 saturated carbocycles. The summed E-state index contributed by atoms with van der Waals surface area (Å²) in [6.45, 7) is 0. The molecule has 0 unspecified atom stereocenters. The van der Waals surface area contributed by atoms with Crippen molar-refractivity contribution >= 4 is 34.4 Å². The minimum absolute atomic E-state index is 0.0992. The third-order valence-electron chi connectivity index (χ3n) is 5.30. The molecule has 0 saturated heterocycles. The second-order valence-corrected chi connectivity index (χ2v) is 8.13. The molecule has 180 valence electrons. The summed E-state index contributed by atoms with van der Waals surface area (Å²) < 4.78 is 42.5. The molecule has 6 nitrogen and oxygen atoms in total. The second kappa shape index (κ2) is 9.35. The number of amides is 1. The van der Waals surface area contributed by atoms with Gasteiger partial charge in [0, 0.05) is 21.5 Å². The van der Waals surface area contributed by atoms with Gasteiger partial charge in [-0.3, -0.25) is 10.1 Å². The number of H-pyrrole nitrogens is 1. The maximum atomic E-state index is 13.3. The number of aromatic amines is 1. The number of aromatic nitrogens is 3. The zero-order valence-corrected chi connectivity index (χ0v) is 19.1. The van der Waals surface area contributed by atoms with Crippen molar-refractivity contribution in [1.82, 2.24) is 15.0 Å². The number of carbonyl (C=O) groups excluding carboxylic acids is 1. The zero-order chi connectivity index (χ0) is 25.3. The molecule has 0 aliphatic heterocycles. The normalized spacial score (nSPS) is 11.4. The highest BCUT2D eigenvalue weighted by Gasteiger charge is 2.31. The Balaban J connectivity index is 1.55. The molecule has 2 N–H and O–H groups in total. The van der Waals surface area contributed by atoms with Gasteiger partial charge in [-0.1, -0.05) is 60.1 Å². The molecular weight excluding hydrogens is 493 g/mol. The van der Waals surface area contributed by atoms with E-state index >= 15 is 0 Å². The molecule has 0 spiro atoms. The molecule has 5 rings (SSSR count). The molecular formula is C26H16ClF3N4O2. The molecule has 1 amide bonds. The van der Waals surface area contributed by atoms with Gasteiger partial charge in [0.15, 0.2) is 0 Å². The van der Waals surface area contributed by atoms with Gasteiger partial charge in [-0.15, -0.1) is 13.2 Å². The first-order valence-electron chi connectivity index (χ1n) is 10.6. The minimum Gasteiger partial charge on any atom is -0.406 e. The number of halogens is 4. The van der Waals surface area contributed by atoms with Crippen LogP contribution in [0.15, 0.2) is 85.1 Å². The first-order valence-corrected chi connectivity index (χ1v) is 11.0. The van der Waals surface area contributed by atoms with E-state index in [2.05, 4.69) is 25.0 Å². The summed E-state index contributed by atoms with van der Waals surface area (Å²) in [7, 11) is 0. The number of anilines is 1. The molecule has 36 heavy (non-hydrogen) atoms. The van der Waals surface area contributed by atoms with Crippen LogP contribution in [0.2, 0.25) is 5.02 Å². The molecule has 0 atom stereocenters. The third-order valence-corrected chi connectivity index (χ3v) is 5.63. The number of hydrogen-bond donors (Lipinski definition) is 2. The Morgan fingerprint density at radius 2 is 1.72 bits per heavy atom. The largest absolute Gasteiger partial charge is 0.573 e. The average Bonchev–Trinajstić information content (AvgIpc) is 3.31. The quantitative estimate of drug-likeness (QED) is 0.265. The predicted octanol–water partition coefficient (Wildman–Crippen LogP) is 7.10. The van der Waals surface area contributed by atoms with E-state index in [-0.39, 0.29) is 16.9 Å². The number of pyridine rings is 1. The van der Waals surface area contributed by atoms with Crippen LogP contribution in [0, 0.1) is 0 Å². The highest BCUT2D eigenvalue weighted by molar-refractivity contribution is 6.33. The summed E-state index contributed by atoms with van der Waals surface area (Å²) >= 11 is 6.24. The van der Waals surface area contributed by atoms with Crippen LogP contribution < -0.4 is 10.1 Å². The van der Waals surface area contributed by atoms with E-state index in [1.54, 1.807) is 18.2 Å². The van der Waals surface area contributed by atoms with Gasteiger partial charge in [-0.05, 0) is 30.3 Å². The number of nitrogens with zero attached hydrogens (tertiary/aromatic N) is 2. The van der Waals surface area contributed by atoms with E-state index in [4.69, 9.17) is 11.6 Å². The van der Waals surface area contributed by atoms with Gasteiger partial charge in [0.1, 0.15) is 5.75 Å². The van der Waals surface area contributed by atoms with Crippen molar-refractivity contribution in [1.29, 1.82) is 0 Å². The molecule has 3 aromatic carbocycles. The summed E-state index contributed by atoms with van der Waals surface area (Å²) in [5.41, 5.74) is 2.93. The Kier molecular flexibility index (Phi) is 6.07. The van der Waals surface area contributed by atoms with Gasteiger partial charge in [0.25, 0.3) is 5.91 Å². The fourth-order valence-corrected chi connectivity index (χ4v) is 3.96. The van der Waals surface area contributed by atoms with Crippen LogP contribution in [0.1, 0.15) is 10.4 Å². The molecule has 0 aliphatic rings. The van der Waals surface area contributed by atoms with Gasteiger partial charge >= 0.3 is 6.36 Å². The fourth-order valence-electron chi connectivity index (χ4n) is 3.72. The van der Waals surface area contributed by atoms with Gasteiger partial charge in [0.05, 0.1) is 28.7 Å². The lowest BCUT2D eigenvalue weighted by molar-refractivity contribution is -0.274. The molecule has 0 aliphatic carbocycles. The molecule has 2 heterocycles. The fraction of sp³-hybridized carbons (Fsp3) is 0.0385. The first-order chi connectivity index (χ1) is 17.3. The maximum absolute atomic E-state index is 13.3. The Morgan fingerprint density at radius 1 is 0.972 bits per heavy atom. The first kappa shape index (κ1) is 23.4. The second-order valence-electron chi connectivity index (χ2n) is 7.73. The lowest BCUT2D eigenvalue weighted by Crippen LogP contribution is -2.17. The summed E-state index contributed by atoms with van der Waals surface area (Å²) in [5, 5.41) is 3.36. The Hall–Kier alpha value is -4.37. The van der Waals surface area contributed by atoms with Crippen molar-refractivity contribution in [2.24, 2.45) is 0 Å². The highest BCUT2D eigenvalue weighted by Crippen LogP contribution is 2.31. The van der Waals surface area contributed by atoms with Crippen LogP contribution in [-0.2, 0) is 0 Å². The number of alkyl halides is 3. The average molecular weight is 509 g/mol. The zero-order valence-electron chi connectivity index (χ0n) is 18.3. The number of rotatable bonds is 5. The van der Waals surface area contributed by atoms with Crippen molar-refractivity contribution in [3.8, 4) is 28.3 Å².